The summed E-state index contributed by atoms with van der Waals surface area (Å²) < 4.78 is 20.4. The van der Waals surface area contributed by atoms with Crippen LogP contribution in [0, 0.1) is 17.7 Å². The Labute approximate surface area is 184 Å². The number of hydrogen-bond acceptors (Lipinski definition) is 5. The number of nitrogens with zero attached hydrogens (tertiary/aromatic N) is 2. The number of halogens is 2. The van der Waals surface area contributed by atoms with Gasteiger partial charge in [0.2, 0.25) is 5.91 Å². The molecule has 7 nitrogen and oxygen atoms in total. The number of amides is 2. The van der Waals surface area contributed by atoms with Crippen LogP contribution in [0.2, 0.25) is 5.02 Å². The number of morpholine rings is 1. The fraction of sp³-hybridized carbons (Fsp3) is 0.409. The molecule has 0 bridgehead atoms. The van der Waals surface area contributed by atoms with Crippen molar-refractivity contribution >= 4 is 34.9 Å². The summed E-state index contributed by atoms with van der Waals surface area (Å²) in [4.78, 5) is 29.2. The third-order valence-corrected chi connectivity index (χ3v) is 6.23. The summed E-state index contributed by atoms with van der Waals surface area (Å²) in [5.74, 6) is -0.174. The van der Waals surface area contributed by atoms with Gasteiger partial charge in [-0.2, -0.15) is 0 Å². The van der Waals surface area contributed by atoms with Gasteiger partial charge in [-0.1, -0.05) is 23.7 Å². The molecule has 31 heavy (non-hydrogen) atoms. The zero-order chi connectivity index (χ0) is 22.0. The fourth-order valence-corrected chi connectivity index (χ4v) is 4.46. The lowest BCUT2D eigenvalue weighted by Crippen LogP contribution is -2.42. The van der Waals surface area contributed by atoms with Crippen molar-refractivity contribution in [2.45, 2.75) is 19.3 Å². The third-order valence-electron chi connectivity index (χ3n) is 5.91. The van der Waals surface area contributed by atoms with E-state index in [0.717, 1.165) is 19.3 Å². The van der Waals surface area contributed by atoms with Crippen LogP contribution in [0.15, 0.2) is 30.5 Å². The lowest BCUT2D eigenvalue weighted by Gasteiger charge is -2.27. The minimum Gasteiger partial charge on any atom is -0.370 e. The number of rotatable bonds is 6. The Morgan fingerprint density at radius 1 is 1.35 bits per heavy atom. The Hall–Kier alpha value is -2.71. The van der Waals surface area contributed by atoms with E-state index >= 15 is 4.39 Å². The monoisotopic (exact) mass is 446 g/mol. The average Bonchev–Trinajstić information content (AvgIpc) is 3.23. The van der Waals surface area contributed by atoms with E-state index in [9.17, 15) is 9.59 Å². The van der Waals surface area contributed by atoms with Crippen molar-refractivity contribution in [1.29, 1.82) is 0 Å². The number of benzene rings is 1. The van der Waals surface area contributed by atoms with E-state index in [1.807, 2.05) is 0 Å². The summed E-state index contributed by atoms with van der Waals surface area (Å²) in [7, 11) is 0. The van der Waals surface area contributed by atoms with Crippen LogP contribution in [-0.4, -0.2) is 43.1 Å². The summed E-state index contributed by atoms with van der Waals surface area (Å²) in [6.45, 7) is 1.26. The number of primary amides is 1. The zero-order valence-electron chi connectivity index (χ0n) is 16.9. The standard InChI is InChI=1S/C22H24ClFN4O3/c23-17-9-19(26-10-13-4-5-14(8-13)22(25)30)27-11-16(17)15-2-1-3-18(21(15)24)28-6-7-31-12-20(28)29/h1-3,9,11,13-14H,4-8,10,12H2,(H2,25,30)(H,26,27). The van der Waals surface area contributed by atoms with Gasteiger partial charge in [0.05, 0.1) is 17.3 Å². The fourth-order valence-electron chi connectivity index (χ4n) is 4.20. The second-order valence-corrected chi connectivity index (χ2v) is 8.35. The van der Waals surface area contributed by atoms with Gasteiger partial charge in [0.1, 0.15) is 12.4 Å². The number of anilines is 2. The normalized spacial score (nSPS) is 21.4. The van der Waals surface area contributed by atoms with Crippen LogP contribution < -0.4 is 16.0 Å². The third kappa shape index (κ3) is 4.65. The van der Waals surface area contributed by atoms with Crippen molar-refractivity contribution in [2.24, 2.45) is 17.6 Å². The topological polar surface area (TPSA) is 97.5 Å². The number of aromatic nitrogens is 1. The minimum atomic E-state index is -0.523. The molecule has 2 aliphatic rings. The van der Waals surface area contributed by atoms with Crippen LogP contribution in [-0.2, 0) is 14.3 Å². The Morgan fingerprint density at radius 3 is 2.90 bits per heavy atom. The molecule has 0 radical (unpaired) electrons. The van der Waals surface area contributed by atoms with Crippen molar-refractivity contribution in [3.63, 3.8) is 0 Å². The second-order valence-electron chi connectivity index (χ2n) is 7.95. The van der Waals surface area contributed by atoms with E-state index in [0.29, 0.717) is 42.0 Å². The maximum Gasteiger partial charge on any atom is 0.253 e. The first kappa shape index (κ1) is 21.5. The van der Waals surface area contributed by atoms with Crippen LogP contribution in [0.1, 0.15) is 19.3 Å². The maximum absolute atomic E-state index is 15.3. The highest BCUT2D eigenvalue weighted by atomic mass is 35.5. The highest BCUT2D eigenvalue weighted by Crippen LogP contribution is 2.35. The Kier molecular flexibility index (Phi) is 6.38. The van der Waals surface area contributed by atoms with Gasteiger partial charge in [-0.15, -0.1) is 0 Å². The van der Waals surface area contributed by atoms with E-state index < -0.39 is 5.82 Å². The van der Waals surface area contributed by atoms with Crippen LogP contribution in [0.4, 0.5) is 15.9 Å². The molecule has 1 aliphatic carbocycles. The van der Waals surface area contributed by atoms with Gasteiger partial charge in [-0.05, 0) is 37.3 Å². The Balaban J connectivity index is 1.49. The first-order valence-corrected chi connectivity index (χ1v) is 10.7. The molecular weight excluding hydrogens is 423 g/mol. The highest BCUT2D eigenvalue weighted by Gasteiger charge is 2.28. The number of nitrogens with two attached hydrogens (primary N) is 1. The van der Waals surface area contributed by atoms with Gasteiger partial charge in [-0.25, -0.2) is 9.37 Å². The quantitative estimate of drug-likeness (QED) is 0.710. The van der Waals surface area contributed by atoms with Crippen molar-refractivity contribution in [3.8, 4) is 11.1 Å². The SMILES string of the molecule is NC(=O)C1CCC(CNc2cc(Cl)c(-c3cccc(N4CCOCC4=O)c3F)cn2)C1. The van der Waals surface area contributed by atoms with E-state index in [1.165, 1.54) is 11.1 Å². The molecule has 2 amide bonds. The molecule has 1 aromatic carbocycles. The van der Waals surface area contributed by atoms with Crippen LogP contribution in [0.5, 0.6) is 0 Å². The molecule has 9 heteroatoms. The summed E-state index contributed by atoms with van der Waals surface area (Å²) in [5, 5.41) is 3.59. The first-order valence-electron chi connectivity index (χ1n) is 10.3. The molecule has 1 saturated carbocycles. The Morgan fingerprint density at radius 2 is 2.19 bits per heavy atom. The molecule has 1 saturated heterocycles. The molecule has 2 fully saturated rings. The van der Waals surface area contributed by atoms with Crippen LogP contribution >= 0.6 is 11.6 Å². The summed E-state index contributed by atoms with van der Waals surface area (Å²) >= 11 is 6.45. The van der Waals surface area contributed by atoms with E-state index in [1.54, 1.807) is 24.3 Å². The number of carbonyl (C=O) groups excluding carboxylic acids is 2. The van der Waals surface area contributed by atoms with Crippen LogP contribution in [0.25, 0.3) is 11.1 Å². The molecule has 1 aromatic heterocycles. The average molecular weight is 447 g/mol. The van der Waals surface area contributed by atoms with Crippen LogP contribution in [0.3, 0.4) is 0 Å². The van der Waals surface area contributed by atoms with E-state index in [2.05, 4.69) is 10.3 Å². The van der Waals surface area contributed by atoms with E-state index in [-0.39, 0.29) is 35.6 Å². The van der Waals surface area contributed by atoms with Gasteiger partial charge in [0, 0.05) is 36.3 Å². The summed E-state index contributed by atoms with van der Waals surface area (Å²) in [5.41, 5.74) is 6.32. The number of carbonyl (C=O) groups is 2. The highest BCUT2D eigenvalue weighted by molar-refractivity contribution is 6.33. The van der Waals surface area contributed by atoms with Gasteiger partial charge < -0.3 is 20.7 Å². The van der Waals surface area contributed by atoms with Crippen molar-refractivity contribution in [3.05, 3.63) is 41.3 Å². The number of ether oxygens (including phenoxy) is 1. The predicted molar refractivity (Wildman–Crippen MR) is 116 cm³/mol. The maximum atomic E-state index is 15.3. The van der Waals surface area contributed by atoms with Crippen molar-refractivity contribution in [2.75, 3.05) is 36.5 Å². The molecule has 2 unspecified atom stereocenters. The number of hydrogen-bond donors (Lipinski definition) is 2. The van der Waals surface area contributed by atoms with Crippen molar-refractivity contribution in [1.82, 2.24) is 4.98 Å². The molecule has 2 aromatic rings. The van der Waals surface area contributed by atoms with Gasteiger partial charge in [-0.3, -0.25) is 9.59 Å². The Bertz CT molecular complexity index is 1000. The second kappa shape index (κ2) is 9.20. The molecular formula is C22H24ClFN4O3. The minimum absolute atomic E-state index is 0.0562. The lowest BCUT2D eigenvalue weighted by atomic mass is 10.0. The molecule has 3 N–H and O–H groups in total. The molecule has 1 aliphatic heterocycles. The first-order chi connectivity index (χ1) is 14.9. The number of pyridine rings is 1. The van der Waals surface area contributed by atoms with Gasteiger partial charge in [0.15, 0.2) is 5.82 Å². The zero-order valence-corrected chi connectivity index (χ0v) is 17.7. The van der Waals surface area contributed by atoms with Crippen molar-refractivity contribution < 1.29 is 18.7 Å². The molecule has 0 spiro atoms. The molecule has 2 atom stereocenters. The number of nitrogens with one attached hydrogen (secondary N) is 1. The van der Waals surface area contributed by atoms with Gasteiger partial charge in [0.25, 0.3) is 5.91 Å². The molecule has 164 valence electrons. The predicted octanol–water partition coefficient (Wildman–Crippen LogP) is 3.22. The smallest absolute Gasteiger partial charge is 0.253 e. The van der Waals surface area contributed by atoms with E-state index in [4.69, 9.17) is 22.1 Å². The largest absolute Gasteiger partial charge is 0.370 e. The molecule has 2 heterocycles. The van der Waals surface area contributed by atoms with Gasteiger partial charge >= 0.3 is 0 Å². The summed E-state index contributed by atoms with van der Waals surface area (Å²) in [6.07, 6.45) is 4.04. The summed E-state index contributed by atoms with van der Waals surface area (Å²) in [6, 6.07) is 6.53. The lowest BCUT2D eigenvalue weighted by molar-refractivity contribution is -0.125. The molecule has 4 rings (SSSR count).